The van der Waals surface area contributed by atoms with E-state index in [1.807, 2.05) is 41.3 Å². The Bertz CT molecular complexity index is 408. The number of carbonyl (C=O) groups excluding carboxylic acids is 1. The molecule has 1 heterocycles. The summed E-state index contributed by atoms with van der Waals surface area (Å²) in [5.74, 6) is 0.677. The van der Waals surface area contributed by atoms with E-state index < -0.39 is 0 Å². The highest BCUT2D eigenvalue weighted by molar-refractivity contribution is 5.67. The third-order valence-electron chi connectivity index (χ3n) is 3.58. The van der Waals surface area contributed by atoms with Crippen LogP contribution < -0.4 is 0 Å². The van der Waals surface area contributed by atoms with Crippen LogP contribution in [0, 0.1) is 5.92 Å². The zero-order valence-electron chi connectivity index (χ0n) is 11.3. The topological polar surface area (TPSA) is 29.5 Å². The zero-order chi connectivity index (χ0) is 13.5. The Labute approximate surface area is 114 Å². The first kappa shape index (κ1) is 13.7. The molecule has 19 heavy (non-hydrogen) atoms. The summed E-state index contributed by atoms with van der Waals surface area (Å²) in [7, 11) is 0. The predicted molar refractivity (Wildman–Crippen MR) is 75.7 cm³/mol. The fourth-order valence-electron chi connectivity index (χ4n) is 2.40. The van der Waals surface area contributed by atoms with Gasteiger partial charge in [0.2, 0.25) is 0 Å². The molecule has 3 nitrogen and oxygen atoms in total. The fourth-order valence-corrected chi connectivity index (χ4v) is 2.40. The van der Waals surface area contributed by atoms with Crippen LogP contribution in [0.4, 0.5) is 4.79 Å². The molecule has 0 atom stereocenters. The molecule has 1 aromatic carbocycles. The lowest BCUT2D eigenvalue weighted by Gasteiger charge is -2.30. The van der Waals surface area contributed by atoms with Crippen molar-refractivity contribution in [3.05, 3.63) is 48.6 Å². The molecule has 0 N–H and O–H groups in total. The predicted octanol–water partition coefficient (Wildman–Crippen LogP) is 3.61. The van der Waals surface area contributed by atoms with E-state index in [2.05, 4.69) is 6.58 Å². The number of allylic oxidation sites excluding steroid dienone is 1. The number of benzene rings is 1. The second kappa shape index (κ2) is 6.98. The first-order chi connectivity index (χ1) is 9.29. The molecule has 0 aromatic heterocycles. The van der Waals surface area contributed by atoms with Crippen LogP contribution in [0.2, 0.25) is 0 Å². The summed E-state index contributed by atoms with van der Waals surface area (Å²) in [6, 6.07) is 9.77. The third-order valence-corrected chi connectivity index (χ3v) is 3.58. The van der Waals surface area contributed by atoms with Crippen LogP contribution in [0.5, 0.6) is 0 Å². The summed E-state index contributed by atoms with van der Waals surface area (Å²) in [5, 5.41) is 0. The standard InChI is InChI=1S/C16H21NO2/c1-2-6-14-9-11-17(12-10-14)16(18)19-13-15-7-4-3-5-8-15/h2-5,7-8,14H,1,6,9-13H2. The molecule has 2 rings (SSSR count). The minimum Gasteiger partial charge on any atom is -0.445 e. The molecule has 1 aliphatic rings. The monoisotopic (exact) mass is 259 g/mol. The van der Waals surface area contributed by atoms with Crippen LogP contribution in [-0.2, 0) is 11.3 Å². The van der Waals surface area contributed by atoms with Crippen LogP contribution in [-0.4, -0.2) is 24.1 Å². The molecule has 0 saturated carbocycles. The van der Waals surface area contributed by atoms with Gasteiger partial charge in [-0.2, -0.15) is 0 Å². The average Bonchev–Trinajstić information content (AvgIpc) is 2.47. The van der Waals surface area contributed by atoms with Gasteiger partial charge in [-0.25, -0.2) is 4.79 Å². The van der Waals surface area contributed by atoms with E-state index in [1.54, 1.807) is 0 Å². The number of nitrogens with zero attached hydrogens (tertiary/aromatic N) is 1. The number of rotatable bonds is 4. The van der Waals surface area contributed by atoms with Gasteiger partial charge in [0, 0.05) is 13.1 Å². The van der Waals surface area contributed by atoms with Crippen molar-refractivity contribution in [2.24, 2.45) is 5.92 Å². The average molecular weight is 259 g/mol. The Morgan fingerprint density at radius 1 is 1.32 bits per heavy atom. The van der Waals surface area contributed by atoms with Gasteiger partial charge >= 0.3 is 6.09 Å². The van der Waals surface area contributed by atoms with Crippen LogP contribution in [0.3, 0.4) is 0 Å². The minimum atomic E-state index is -0.194. The molecule has 0 radical (unpaired) electrons. The third kappa shape index (κ3) is 4.12. The summed E-state index contributed by atoms with van der Waals surface area (Å²) < 4.78 is 5.33. The molecule has 3 heteroatoms. The van der Waals surface area contributed by atoms with Crippen molar-refractivity contribution in [2.75, 3.05) is 13.1 Å². The lowest BCUT2D eigenvalue weighted by Crippen LogP contribution is -2.38. The molecule has 1 aliphatic heterocycles. The van der Waals surface area contributed by atoms with Crippen molar-refractivity contribution < 1.29 is 9.53 Å². The largest absolute Gasteiger partial charge is 0.445 e. The molecule has 0 unspecified atom stereocenters. The molecule has 1 fully saturated rings. The van der Waals surface area contributed by atoms with Gasteiger partial charge in [-0.1, -0.05) is 36.4 Å². The molecular formula is C16H21NO2. The maximum atomic E-state index is 11.9. The molecule has 1 amide bonds. The number of ether oxygens (including phenoxy) is 1. The van der Waals surface area contributed by atoms with Gasteiger partial charge in [-0.3, -0.25) is 0 Å². The van der Waals surface area contributed by atoms with Gasteiger partial charge in [-0.15, -0.1) is 6.58 Å². The van der Waals surface area contributed by atoms with Crippen LogP contribution in [0.1, 0.15) is 24.8 Å². The lowest BCUT2D eigenvalue weighted by molar-refractivity contribution is 0.0825. The maximum Gasteiger partial charge on any atom is 0.410 e. The van der Waals surface area contributed by atoms with Gasteiger partial charge in [0.05, 0.1) is 0 Å². The van der Waals surface area contributed by atoms with E-state index in [9.17, 15) is 4.79 Å². The normalized spacial score (nSPS) is 16.1. The maximum absolute atomic E-state index is 11.9. The van der Waals surface area contributed by atoms with E-state index in [-0.39, 0.29) is 6.09 Å². The second-order valence-corrected chi connectivity index (χ2v) is 4.99. The summed E-state index contributed by atoms with van der Waals surface area (Å²) in [6.45, 7) is 5.72. The van der Waals surface area contributed by atoms with Crippen LogP contribution >= 0.6 is 0 Å². The highest BCUT2D eigenvalue weighted by Gasteiger charge is 2.22. The van der Waals surface area contributed by atoms with Gasteiger partial charge in [0.25, 0.3) is 0 Å². The SMILES string of the molecule is C=CCC1CCN(C(=O)OCc2ccccc2)CC1. The minimum absolute atomic E-state index is 0.194. The molecule has 1 aromatic rings. The van der Waals surface area contributed by atoms with Crippen molar-refractivity contribution in [3.63, 3.8) is 0 Å². The van der Waals surface area contributed by atoms with Crippen LogP contribution in [0.15, 0.2) is 43.0 Å². The summed E-state index contributed by atoms with van der Waals surface area (Å²) in [6.07, 6.45) is 4.92. The van der Waals surface area contributed by atoms with Crippen molar-refractivity contribution in [1.29, 1.82) is 0 Å². The number of hydrogen-bond donors (Lipinski definition) is 0. The highest BCUT2D eigenvalue weighted by Crippen LogP contribution is 2.21. The molecule has 0 spiro atoms. The number of hydrogen-bond acceptors (Lipinski definition) is 2. The Morgan fingerprint density at radius 2 is 2.00 bits per heavy atom. The zero-order valence-corrected chi connectivity index (χ0v) is 11.3. The summed E-state index contributed by atoms with van der Waals surface area (Å²) in [4.78, 5) is 13.7. The van der Waals surface area contributed by atoms with Crippen molar-refractivity contribution in [2.45, 2.75) is 25.9 Å². The lowest BCUT2D eigenvalue weighted by atomic mass is 9.94. The Hall–Kier alpha value is -1.77. The summed E-state index contributed by atoms with van der Waals surface area (Å²) in [5.41, 5.74) is 1.03. The quantitative estimate of drug-likeness (QED) is 0.773. The van der Waals surface area contributed by atoms with Crippen molar-refractivity contribution >= 4 is 6.09 Å². The Morgan fingerprint density at radius 3 is 2.63 bits per heavy atom. The molecule has 1 saturated heterocycles. The molecular weight excluding hydrogens is 238 g/mol. The number of piperidine rings is 1. The van der Waals surface area contributed by atoms with Crippen molar-refractivity contribution in [3.8, 4) is 0 Å². The second-order valence-electron chi connectivity index (χ2n) is 4.99. The first-order valence-corrected chi connectivity index (χ1v) is 6.86. The molecule has 102 valence electrons. The van der Waals surface area contributed by atoms with Gasteiger partial charge < -0.3 is 9.64 Å². The van der Waals surface area contributed by atoms with Gasteiger partial charge in [0.1, 0.15) is 6.61 Å². The van der Waals surface area contributed by atoms with Gasteiger partial charge in [-0.05, 0) is 30.7 Å². The van der Waals surface area contributed by atoms with E-state index >= 15 is 0 Å². The Kier molecular flexibility index (Phi) is 5.01. The summed E-state index contributed by atoms with van der Waals surface area (Å²) >= 11 is 0. The number of amides is 1. The molecule has 0 bridgehead atoms. The van der Waals surface area contributed by atoms with Crippen LogP contribution in [0.25, 0.3) is 0 Å². The number of likely N-dealkylation sites (tertiary alicyclic amines) is 1. The van der Waals surface area contributed by atoms with E-state index in [1.165, 1.54) is 0 Å². The smallest absolute Gasteiger partial charge is 0.410 e. The Balaban J connectivity index is 1.74. The van der Waals surface area contributed by atoms with Gasteiger partial charge in [0.15, 0.2) is 0 Å². The number of carbonyl (C=O) groups is 1. The van der Waals surface area contributed by atoms with Crippen molar-refractivity contribution in [1.82, 2.24) is 4.90 Å². The first-order valence-electron chi connectivity index (χ1n) is 6.86. The van der Waals surface area contributed by atoms with E-state index in [0.29, 0.717) is 12.5 Å². The van der Waals surface area contributed by atoms with E-state index in [0.717, 1.165) is 37.9 Å². The fraction of sp³-hybridized carbons (Fsp3) is 0.438. The van der Waals surface area contributed by atoms with E-state index in [4.69, 9.17) is 4.74 Å². The highest BCUT2D eigenvalue weighted by atomic mass is 16.6. The molecule has 0 aliphatic carbocycles.